The van der Waals surface area contributed by atoms with E-state index in [0.717, 1.165) is 13.0 Å². The van der Waals surface area contributed by atoms with Crippen molar-refractivity contribution < 1.29 is 14.8 Å². The molecule has 1 heterocycles. The van der Waals surface area contributed by atoms with Crippen molar-refractivity contribution in [3.8, 4) is 0 Å². The highest BCUT2D eigenvalue weighted by Crippen LogP contribution is 2.23. The number of likely N-dealkylation sites (tertiary alicyclic amines) is 1. The Morgan fingerprint density at radius 1 is 1.48 bits per heavy atom. The second-order valence-electron chi connectivity index (χ2n) is 5.34. The number of nitro groups is 1. The molecule has 0 aromatic heterocycles. The summed E-state index contributed by atoms with van der Waals surface area (Å²) in [5.74, 6) is 0.193. The van der Waals surface area contributed by atoms with Crippen molar-refractivity contribution >= 4 is 17.3 Å². The molecular formula is C14H19N3O4. The molecule has 2 atom stereocenters. The van der Waals surface area contributed by atoms with Crippen LogP contribution in [0.15, 0.2) is 24.3 Å². The maximum atomic E-state index is 12.0. The number of aliphatic hydroxyl groups excluding tert-OH is 1. The number of hydrogen-bond donors (Lipinski definition) is 2. The Morgan fingerprint density at radius 2 is 2.14 bits per heavy atom. The highest BCUT2D eigenvalue weighted by atomic mass is 16.6. The SMILES string of the molecule is CC1CCN(CC(=O)Nc2ccc([N+](=O)[O-])cc2)C1CO. The number of aliphatic hydroxyl groups is 1. The molecule has 1 amide bonds. The molecule has 0 radical (unpaired) electrons. The van der Waals surface area contributed by atoms with E-state index in [1.165, 1.54) is 24.3 Å². The third-order valence-corrected chi connectivity index (χ3v) is 3.89. The van der Waals surface area contributed by atoms with Crippen LogP contribution in [0.25, 0.3) is 0 Å². The molecule has 0 saturated carbocycles. The molecule has 0 bridgehead atoms. The fourth-order valence-electron chi connectivity index (χ4n) is 2.63. The number of benzene rings is 1. The molecule has 7 heteroatoms. The van der Waals surface area contributed by atoms with Gasteiger partial charge in [-0.1, -0.05) is 6.92 Å². The van der Waals surface area contributed by atoms with Gasteiger partial charge in [-0.2, -0.15) is 0 Å². The highest BCUT2D eigenvalue weighted by molar-refractivity contribution is 5.92. The van der Waals surface area contributed by atoms with Gasteiger partial charge in [-0.3, -0.25) is 19.8 Å². The molecule has 1 aromatic carbocycles. The van der Waals surface area contributed by atoms with Crippen LogP contribution in [0.2, 0.25) is 0 Å². The molecule has 7 nitrogen and oxygen atoms in total. The number of carbonyl (C=O) groups is 1. The fraction of sp³-hybridized carbons (Fsp3) is 0.500. The second kappa shape index (κ2) is 6.64. The maximum absolute atomic E-state index is 12.0. The Labute approximate surface area is 122 Å². The van der Waals surface area contributed by atoms with E-state index in [2.05, 4.69) is 12.2 Å². The first-order chi connectivity index (χ1) is 10.0. The molecule has 1 fully saturated rings. The third kappa shape index (κ3) is 3.77. The van der Waals surface area contributed by atoms with Gasteiger partial charge in [-0.05, 0) is 31.0 Å². The predicted molar refractivity (Wildman–Crippen MR) is 78.0 cm³/mol. The summed E-state index contributed by atoms with van der Waals surface area (Å²) in [6.45, 7) is 3.12. The maximum Gasteiger partial charge on any atom is 0.269 e. The van der Waals surface area contributed by atoms with Crippen molar-refractivity contribution in [2.45, 2.75) is 19.4 Å². The number of rotatable bonds is 5. The highest BCUT2D eigenvalue weighted by Gasteiger charge is 2.31. The van der Waals surface area contributed by atoms with E-state index in [1.807, 2.05) is 4.90 Å². The largest absolute Gasteiger partial charge is 0.395 e. The number of amides is 1. The van der Waals surface area contributed by atoms with Gasteiger partial charge in [0.1, 0.15) is 0 Å². The lowest BCUT2D eigenvalue weighted by molar-refractivity contribution is -0.384. The molecule has 0 spiro atoms. The van der Waals surface area contributed by atoms with E-state index >= 15 is 0 Å². The average molecular weight is 293 g/mol. The number of carbonyl (C=O) groups excluding carboxylic acids is 1. The summed E-state index contributed by atoms with van der Waals surface area (Å²) < 4.78 is 0. The van der Waals surface area contributed by atoms with Gasteiger partial charge in [0.2, 0.25) is 5.91 Å². The van der Waals surface area contributed by atoms with Crippen LogP contribution in [0.4, 0.5) is 11.4 Å². The quantitative estimate of drug-likeness (QED) is 0.629. The number of non-ortho nitro benzene ring substituents is 1. The summed E-state index contributed by atoms with van der Waals surface area (Å²) in [4.78, 5) is 24.0. The van der Waals surface area contributed by atoms with Gasteiger partial charge < -0.3 is 10.4 Å². The van der Waals surface area contributed by atoms with Crippen LogP contribution in [-0.4, -0.2) is 46.6 Å². The Bertz CT molecular complexity index is 517. The minimum absolute atomic E-state index is 0.0123. The lowest BCUT2D eigenvalue weighted by Crippen LogP contribution is -2.40. The number of nitrogens with one attached hydrogen (secondary N) is 1. The Morgan fingerprint density at radius 3 is 2.71 bits per heavy atom. The minimum atomic E-state index is -0.483. The molecule has 21 heavy (non-hydrogen) atoms. The van der Waals surface area contributed by atoms with Crippen LogP contribution in [0.1, 0.15) is 13.3 Å². The first-order valence-corrected chi connectivity index (χ1v) is 6.90. The fourth-order valence-corrected chi connectivity index (χ4v) is 2.63. The summed E-state index contributed by atoms with van der Waals surface area (Å²) >= 11 is 0. The summed E-state index contributed by atoms with van der Waals surface area (Å²) in [7, 11) is 0. The Hall–Kier alpha value is -1.99. The molecule has 114 valence electrons. The molecule has 1 aromatic rings. The lowest BCUT2D eigenvalue weighted by atomic mass is 10.0. The van der Waals surface area contributed by atoms with Gasteiger partial charge in [-0.25, -0.2) is 0 Å². The van der Waals surface area contributed by atoms with Crippen LogP contribution < -0.4 is 5.32 Å². The van der Waals surface area contributed by atoms with Gasteiger partial charge in [-0.15, -0.1) is 0 Å². The lowest BCUT2D eigenvalue weighted by Gasteiger charge is -2.24. The van der Waals surface area contributed by atoms with Crippen LogP contribution in [0.3, 0.4) is 0 Å². The van der Waals surface area contributed by atoms with Crippen molar-refractivity contribution in [2.75, 3.05) is 25.0 Å². The molecule has 1 saturated heterocycles. The van der Waals surface area contributed by atoms with Crippen LogP contribution in [-0.2, 0) is 4.79 Å². The van der Waals surface area contributed by atoms with Crippen LogP contribution in [0, 0.1) is 16.0 Å². The zero-order valence-corrected chi connectivity index (χ0v) is 11.9. The van der Waals surface area contributed by atoms with E-state index in [-0.39, 0.29) is 30.8 Å². The van der Waals surface area contributed by atoms with E-state index in [1.54, 1.807) is 0 Å². The number of hydrogen-bond acceptors (Lipinski definition) is 5. The van der Waals surface area contributed by atoms with Crippen molar-refractivity contribution in [1.82, 2.24) is 4.90 Å². The van der Waals surface area contributed by atoms with Gasteiger partial charge in [0.25, 0.3) is 5.69 Å². The van der Waals surface area contributed by atoms with E-state index in [0.29, 0.717) is 11.6 Å². The minimum Gasteiger partial charge on any atom is -0.395 e. The van der Waals surface area contributed by atoms with Gasteiger partial charge >= 0.3 is 0 Å². The number of anilines is 1. The van der Waals surface area contributed by atoms with Gasteiger partial charge in [0.05, 0.1) is 18.1 Å². The Kier molecular flexibility index (Phi) is 4.87. The molecule has 2 N–H and O–H groups in total. The standard InChI is InChI=1S/C14H19N3O4/c1-10-6-7-16(13(10)9-18)8-14(19)15-11-2-4-12(5-3-11)17(20)21/h2-5,10,13,18H,6-9H2,1H3,(H,15,19). The first-order valence-electron chi connectivity index (χ1n) is 6.90. The van der Waals surface area contributed by atoms with Gasteiger partial charge in [0, 0.05) is 23.9 Å². The van der Waals surface area contributed by atoms with Crippen LogP contribution >= 0.6 is 0 Å². The molecule has 2 rings (SSSR count). The van der Waals surface area contributed by atoms with Crippen molar-refractivity contribution in [1.29, 1.82) is 0 Å². The zero-order valence-electron chi connectivity index (χ0n) is 11.9. The molecular weight excluding hydrogens is 274 g/mol. The molecule has 0 aliphatic carbocycles. The Balaban J connectivity index is 1.91. The van der Waals surface area contributed by atoms with E-state index in [9.17, 15) is 20.0 Å². The normalized spacial score (nSPS) is 22.2. The summed E-state index contributed by atoms with van der Waals surface area (Å²) in [5, 5.41) is 22.6. The average Bonchev–Trinajstić information content (AvgIpc) is 2.79. The molecule has 2 unspecified atom stereocenters. The van der Waals surface area contributed by atoms with Crippen molar-refractivity contribution in [3.63, 3.8) is 0 Å². The monoisotopic (exact) mass is 293 g/mol. The van der Waals surface area contributed by atoms with Crippen LogP contribution in [0.5, 0.6) is 0 Å². The third-order valence-electron chi connectivity index (χ3n) is 3.89. The smallest absolute Gasteiger partial charge is 0.269 e. The first kappa shape index (κ1) is 15.4. The number of nitrogens with zero attached hydrogens (tertiary/aromatic N) is 2. The molecule has 1 aliphatic heterocycles. The number of nitro benzene ring substituents is 1. The van der Waals surface area contributed by atoms with Gasteiger partial charge in [0.15, 0.2) is 0 Å². The summed E-state index contributed by atoms with van der Waals surface area (Å²) in [6.07, 6.45) is 0.968. The summed E-state index contributed by atoms with van der Waals surface area (Å²) in [6, 6.07) is 5.74. The van der Waals surface area contributed by atoms with Crippen molar-refractivity contribution in [3.05, 3.63) is 34.4 Å². The van der Waals surface area contributed by atoms with Crippen molar-refractivity contribution in [2.24, 2.45) is 5.92 Å². The zero-order chi connectivity index (χ0) is 15.4. The summed E-state index contributed by atoms with van der Waals surface area (Å²) in [5.41, 5.74) is 0.514. The molecule has 1 aliphatic rings. The van der Waals surface area contributed by atoms with E-state index < -0.39 is 4.92 Å². The van der Waals surface area contributed by atoms with E-state index in [4.69, 9.17) is 0 Å². The topological polar surface area (TPSA) is 95.7 Å². The predicted octanol–water partition coefficient (Wildman–Crippen LogP) is 1.24. The second-order valence-corrected chi connectivity index (χ2v) is 5.34.